The van der Waals surface area contributed by atoms with Crippen molar-refractivity contribution in [3.05, 3.63) is 65.7 Å². The average molecular weight is 395 g/mol. The maximum absolute atomic E-state index is 13.1. The first kappa shape index (κ1) is 20.9. The van der Waals surface area contributed by atoms with E-state index in [1.807, 2.05) is 51.1 Å². The summed E-state index contributed by atoms with van der Waals surface area (Å²) in [6.07, 6.45) is 2.05. The van der Waals surface area contributed by atoms with Crippen LogP contribution in [0.15, 0.2) is 54.6 Å². The quantitative estimate of drug-likeness (QED) is 0.650. The fourth-order valence-corrected chi connectivity index (χ4v) is 3.39. The number of ketones is 1. The lowest BCUT2D eigenvalue weighted by Gasteiger charge is -2.35. The van der Waals surface area contributed by atoms with Gasteiger partial charge in [-0.2, -0.15) is 0 Å². The number of piperidine rings is 1. The summed E-state index contributed by atoms with van der Waals surface area (Å²) in [5.41, 5.74) is 1.08. The standard InChI is InChI=1S/C24H29NO4/c1-24(2,3)29-23(27)25-16-8-7-11-21(25)22(26)19-12-14-20(15-13-19)28-17-18-9-5-4-6-10-18/h4-6,9-10,12-15,21H,7-8,11,16-17H2,1-3H3. The third kappa shape index (κ3) is 5.83. The minimum atomic E-state index is -0.583. The van der Waals surface area contributed by atoms with Gasteiger partial charge in [0.15, 0.2) is 5.78 Å². The highest BCUT2D eigenvalue weighted by Crippen LogP contribution is 2.24. The van der Waals surface area contributed by atoms with E-state index in [0.29, 0.717) is 30.9 Å². The molecule has 0 spiro atoms. The van der Waals surface area contributed by atoms with Gasteiger partial charge in [-0.05, 0) is 69.9 Å². The van der Waals surface area contributed by atoms with Gasteiger partial charge in [-0.15, -0.1) is 0 Å². The first-order valence-corrected chi connectivity index (χ1v) is 10.1. The lowest BCUT2D eigenvalue weighted by atomic mass is 9.94. The first-order valence-electron chi connectivity index (χ1n) is 10.1. The number of amides is 1. The molecule has 3 rings (SSSR count). The van der Waals surface area contributed by atoms with Crippen molar-refractivity contribution in [2.45, 2.75) is 58.3 Å². The Morgan fingerprint density at radius 3 is 2.34 bits per heavy atom. The van der Waals surface area contributed by atoms with Gasteiger partial charge in [0, 0.05) is 12.1 Å². The van der Waals surface area contributed by atoms with E-state index in [4.69, 9.17) is 9.47 Å². The van der Waals surface area contributed by atoms with Gasteiger partial charge in [0.05, 0.1) is 6.04 Å². The summed E-state index contributed by atoms with van der Waals surface area (Å²) >= 11 is 0. The van der Waals surface area contributed by atoms with Gasteiger partial charge < -0.3 is 9.47 Å². The average Bonchev–Trinajstić information content (AvgIpc) is 2.71. The van der Waals surface area contributed by atoms with E-state index < -0.39 is 17.7 Å². The number of hydrogen-bond donors (Lipinski definition) is 0. The van der Waals surface area contributed by atoms with Crippen molar-refractivity contribution in [3.8, 4) is 5.75 Å². The molecule has 5 nitrogen and oxygen atoms in total. The zero-order chi connectivity index (χ0) is 20.9. The zero-order valence-electron chi connectivity index (χ0n) is 17.4. The molecule has 154 valence electrons. The van der Waals surface area contributed by atoms with Crippen LogP contribution in [0.3, 0.4) is 0 Å². The van der Waals surface area contributed by atoms with Gasteiger partial charge in [-0.3, -0.25) is 9.69 Å². The first-order chi connectivity index (χ1) is 13.8. The SMILES string of the molecule is CC(C)(C)OC(=O)N1CCCCC1C(=O)c1ccc(OCc2ccccc2)cc1. The molecule has 1 aliphatic rings. The van der Waals surface area contributed by atoms with E-state index in [-0.39, 0.29) is 5.78 Å². The van der Waals surface area contributed by atoms with Crippen LogP contribution in [0.25, 0.3) is 0 Å². The molecule has 0 bridgehead atoms. The highest BCUT2D eigenvalue weighted by molar-refractivity contribution is 6.01. The number of Topliss-reactive ketones (excluding diaryl/α,β-unsaturated/α-hetero) is 1. The topological polar surface area (TPSA) is 55.8 Å². The second kappa shape index (κ2) is 9.12. The predicted octanol–water partition coefficient (Wildman–Crippen LogP) is 5.24. The van der Waals surface area contributed by atoms with Gasteiger partial charge in [0.1, 0.15) is 18.0 Å². The summed E-state index contributed by atoms with van der Waals surface area (Å²) in [7, 11) is 0. The molecule has 0 N–H and O–H groups in total. The summed E-state index contributed by atoms with van der Waals surface area (Å²) in [6, 6.07) is 16.6. The van der Waals surface area contributed by atoms with Crippen molar-refractivity contribution in [2.24, 2.45) is 0 Å². The van der Waals surface area contributed by atoms with Gasteiger partial charge in [-0.25, -0.2) is 4.79 Å². The largest absolute Gasteiger partial charge is 0.489 e. The molecule has 1 saturated heterocycles. The molecule has 5 heteroatoms. The van der Waals surface area contributed by atoms with Crippen LogP contribution < -0.4 is 4.74 Å². The molecule has 29 heavy (non-hydrogen) atoms. The Labute approximate surface area is 172 Å². The molecule has 1 unspecified atom stereocenters. The summed E-state index contributed by atoms with van der Waals surface area (Å²) in [4.78, 5) is 27.2. The Morgan fingerprint density at radius 1 is 1.00 bits per heavy atom. The van der Waals surface area contributed by atoms with E-state index in [0.717, 1.165) is 18.4 Å². The molecule has 1 atom stereocenters. The Hall–Kier alpha value is -2.82. The summed E-state index contributed by atoms with van der Waals surface area (Å²) in [5, 5.41) is 0. The second-order valence-corrected chi connectivity index (χ2v) is 8.35. The van der Waals surface area contributed by atoms with Crippen molar-refractivity contribution in [3.63, 3.8) is 0 Å². The number of ether oxygens (including phenoxy) is 2. The van der Waals surface area contributed by atoms with Gasteiger partial charge >= 0.3 is 6.09 Å². The molecular weight excluding hydrogens is 366 g/mol. The third-order valence-corrected chi connectivity index (χ3v) is 4.82. The number of carbonyl (C=O) groups excluding carboxylic acids is 2. The molecule has 0 aromatic heterocycles. The van der Waals surface area contributed by atoms with Crippen LogP contribution in [0.2, 0.25) is 0 Å². The van der Waals surface area contributed by atoms with Crippen LogP contribution in [-0.4, -0.2) is 35.0 Å². The van der Waals surface area contributed by atoms with Crippen LogP contribution in [-0.2, 0) is 11.3 Å². The van der Waals surface area contributed by atoms with Crippen molar-refractivity contribution in [1.82, 2.24) is 4.90 Å². The van der Waals surface area contributed by atoms with Crippen LogP contribution in [0, 0.1) is 0 Å². The monoisotopic (exact) mass is 395 g/mol. The molecule has 0 saturated carbocycles. The second-order valence-electron chi connectivity index (χ2n) is 8.35. The van der Waals surface area contributed by atoms with Crippen molar-refractivity contribution in [1.29, 1.82) is 0 Å². The van der Waals surface area contributed by atoms with Crippen molar-refractivity contribution >= 4 is 11.9 Å². The lowest BCUT2D eigenvalue weighted by molar-refractivity contribution is 0.0105. The van der Waals surface area contributed by atoms with Crippen LogP contribution >= 0.6 is 0 Å². The number of hydrogen-bond acceptors (Lipinski definition) is 4. The maximum Gasteiger partial charge on any atom is 0.410 e. The number of likely N-dealkylation sites (tertiary alicyclic amines) is 1. The number of benzene rings is 2. The Kier molecular flexibility index (Phi) is 6.57. The molecule has 1 heterocycles. The Bertz CT molecular complexity index is 824. The summed E-state index contributed by atoms with van der Waals surface area (Å²) in [5.74, 6) is 0.656. The van der Waals surface area contributed by atoms with Crippen LogP contribution in [0.1, 0.15) is 56.0 Å². The predicted molar refractivity (Wildman–Crippen MR) is 112 cm³/mol. The number of nitrogens with zero attached hydrogens (tertiary/aromatic N) is 1. The summed E-state index contributed by atoms with van der Waals surface area (Å²) in [6.45, 7) is 6.52. The van der Waals surface area contributed by atoms with E-state index >= 15 is 0 Å². The molecular formula is C24H29NO4. The lowest BCUT2D eigenvalue weighted by Crippen LogP contribution is -2.49. The van der Waals surface area contributed by atoms with Gasteiger partial charge in [0.25, 0.3) is 0 Å². The van der Waals surface area contributed by atoms with Crippen LogP contribution in [0.5, 0.6) is 5.75 Å². The van der Waals surface area contributed by atoms with Crippen molar-refractivity contribution in [2.75, 3.05) is 6.54 Å². The smallest absolute Gasteiger partial charge is 0.410 e. The minimum Gasteiger partial charge on any atom is -0.489 e. The van der Waals surface area contributed by atoms with Crippen molar-refractivity contribution < 1.29 is 19.1 Å². The number of carbonyl (C=O) groups is 2. The van der Waals surface area contributed by atoms with Gasteiger partial charge in [0.2, 0.25) is 0 Å². The third-order valence-electron chi connectivity index (χ3n) is 4.82. The fraction of sp³-hybridized carbons (Fsp3) is 0.417. The molecule has 1 aliphatic heterocycles. The van der Waals surface area contributed by atoms with Crippen LogP contribution in [0.4, 0.5) is 4.79 Å². The normalized spacial score (nSPS) is 16.9. The summed E-state index contributed by atoms with van der Waals surface area (Å²) < 4.78 is 11.3. The minimum absolute atomic E-state index is 0.0508. The molecule has 1 fully saturated rings. The highest BCUT2D eigenvalue weighted by atomic mass is 16.6. The van der Waals surface area contributed by atoms with E-state index in [9.17, 15) is 9.59 Å². The molecule has 2 aromatic rings. The Morgan fingerprint density at radius 2 is 1.69 bits per heavy atom. The molecule has 0 aliphatic carbocycles. The number of rotatable bonds is 5. The molecule has 2 aromatic carbocycles. The maximum atomic E-state index is 13.1. The van der Waals surface area contributed by atoms with E-state index in [2.05, 4.69) is 0 Å². The molecule has 1 amide bonds. The van der Waals surface area contributed by atoms with E-state index in [1.165, 1.54) is 0 Å². The zero-order valence-corrected chi connectivity index (χ0v) is 17.4. The molecule has 0 radical (unpaired) electrons. The highest BCUT2D eigenvalue weighted by Gasteiger charge is 2.35. The fourth-order valence-electron chi connectivity index (χ4n) is 3.39. The Balaban J connectivity index is 1.65. The van der Waals surface area contributed by atoms with E-state index in [1.54, 1.807) is 29.2 Å². The van der Waals surface area contributed by atoms with Gasteiger partial charge in [-0.1, -0.05) is 30.3 Å².